The molecule has 0 saturated heterocycles. The van der Waals surface area contributed by atoms with E-state index >= 15 is 0 Å². The fourth-order valence-corrected chi connectivity index (χ4v) is 5.23. The van der Waals surface area contributed by atoms with Crippen molar-refractivity contribution in [1.82, 2.24) is 19.1 Å². The van der Waals surface area contributed by atoms with Gasteiger partial charge in [-0.1, -0.05) is 24.3 Å². The van der Waals surface area contributed by atoms with Crippen LogP contribution in [0.15, 0.2) is 83.9 Å². The van der Waals surface area contributed by atoms with Gasteiger partial charge in [0.15, 0.2) is 5.78 Å². The van der Waals surface area contributed by atoms with Crippen LogP contribution in [0.2, 0.25) is 0 Å². The first kappa shape index (κ1) is 19.9. The Morgan fingerprint density at radius 3 is 2.57 bits per heavy atom. The lowest BCUT2D eigenvalue weighted by atomic mass is 10.0. The van der Waals surface area contributed by atoms with E-state index in [9.17, 15) is 9.59 Å². The maximum atomic E-state index is 13.4. The minimum atomic E-state index is -0.142. The minimum Gasteiger partial charge on any atom is -0.294 e. The van der Waals surface area contributed by atoms with Gasteiger partial charge >= 0.3 is 5.69 Å². The number of carbonyl (C=O) groups is 1. The van der Waals surface area contributed by atoms with Crippen LogP contribution in [-0.2, 0) is 13.5 Å². The molecule has 3 aromatic heterocycles. The quantitative estimate of drug-likeness (QED) is 0.358. The van der Waals surface area contributed by atoms with E-state index in [1.165, 1.54) is 0 Å². The number of hydrogen-bond donors (Lipinski definition) is 0. The van der Waals surface area contributed by atoms with Crippen LogP contribution in [0.1, 0.15) is 22.3 Å². The summed E-state index contributed by atoms with van der Waals surface area (Å²) in [6.45, 7) is 0. The zero-order valence-electron chi connectivity index (χ0n) is 19.0. The number of para-hydroxylation sites is 1. The summed E-state index contributed by atoms with van der Waals surface area (Å²) in [7, 11) is 1.77. The van der Waals surface area contributed by atoms with Crippen molar-refractivity contribution in [3.05, 3.63) is 101 Å². The fourth-order valence-electron chi connectivity index (χ4n) is 5.23. The van der Waals surface area contributed by atoms with Crippen molar-refractivity contribution < 1.29 is 4.79 Å². The lowest BCUT2D eigenvalue weighted by Crippen LogP contribution is -2.21. The molecular formula is C29H20N4O2. The highest BCUT2D eigenvalue weighted by Crippen LogP contribution is 2.32. The summed E-state index contributed by atoms with van der Waals surface area (Å²) in [6, 6.07) is 22.0. The normalized spacial score (nSPS) is 13.2. The summed E-state index contributed by atoms with van der Waals surface area (Å²) in [4.78, 5) is 34.8. The summed E-state index contributed by atoms with van der Waals surface area (Å²) in [5.74, 6) is 0.167. The number of rotatable bonds is 2. The van der Waals surface area contributed by atoms with Gasteiger partial charge in [-0.2, -0.15) is 0 Å². The Morgan fingerprint density at radius 1 is 0.800 bits per heavy atom. The van der Waals surface area contributed by atoms with Crippen molar-refractivity contribution in [2.45, 2.75) is 12.8 Å². The van der Waals surface area contributed by atoms with Crippen molar-refractivity contribution in [2.75, 3.05) is 0 Å². The summed E-state index contributed by atoms with van der Waals surface area (Å²) in [5, 5.41) is 1.97. The molecule has 0 atom stereocenters. The van der Waals surface area contributed by atoms with Gasteiger partial charge in [0.05, 0.1) is 34.0 Å². The van der Waals surface area contributed by atoms with Crippen LogP contribution >= 0.6 is 0 Å². The highest BCUT2D eigenvalue weighted by atomic mass is 16.1. The van der Waals surface area contributed by atoms with E-state index in [2.05, 4.69) is 28.2 Å². The molecule has 0 aliphatic heterocycles. The molecule has 6 aromatic rings. The zero-order chi connectivity index (χ0) is 23.7. The van der Waals surface area contributed by atoms with E-state index < -0.39 is 0 Å². The van der Waals surface area contributed by atoms with Crippen molar-refractivity contribution in [3.8, 4) is 16.8 Å². The predicted molar refractivity (Wildman–Crippen MR) is 137 cm³/mol. The molecule has 0 saturated carbocycles. The van der Waals surface area contributed by atoms with E-state index in [4.69, 9.17) is 0 Å². The molecule has 3 heterocycles. The van der Waals surface area contributed by atoms with E-state index in [1.54, 1.807) is 22.4 Å². The number of ketones is 1. The van der Waals surface area contributed by atoms with E-state index in [0.717, 1.165) is 60.8 Å². The number of fused-ring (bicyclic) bond motifs is 5. The van der Waals surface area contributed by atoms with E-state index in [1.807, 2.05) is 54.7 Å². The first-order valence-corrected chi connectivity index (χ1v) is 11.6. The Labute approximate surface area is 200 Å². The van der Waals surface area contributed by atoms with Crippen LogP contribution < -0.4 is 5.69 Å². The molecule has 0 bridgehead atoms. The number of nitrogens with zero attached hydrogens (tertiary/aromatic N) is 4. The van der Waals surface area contributed by atoms with Crippen LogP contribution in [-0.4, -0.2) is 24.9 Å². The molecule has 6 heteroatoms. The molecule has 0 spiro atoms. The molecule has 0 N–H and O–H groups in total. The minimum absolute atomic E-state index is 0.142. The van der Waals surface area contributed by atoms with Crippen LogP contribution in [0.3, 0.4) is 0 Å². The summed E-state index contributed by atoms with van der Waals surface area (Å²) in [5.41, 5.74) is 7.72. The number of benzene rings is 3. The maximum absolute atomic E-state index is 13.4. The Bertz CT molecular complexity index is 1910. The van der Waals surface area contributed by atoms with Crippen molar-refractivity contribution in [1.29, 1.82) is 0 Å². The van der Waals surface area contributed by atoms with Gasteiger partial charge in [-0.3, -0.25) is 23.9 Å². The molecule has 0 fully saturated rings. The maximum Gasteiger partial charge on any atom is 0.333 e. The number of carbonyl (C=O) groups excluding carboxylic acids is 1. The van der Waals surface area contributed by atoms with Gasteiger partial charge in [0, 0.05) is 41.6 Å². The number of aryl methyl sites for hydroxylation is 2. The van der Waals surface area contributed by atoms with Gasteiger partial charge in [0.25, 0.3) is 0 Å². The zero-order valence-corrected chi connectivity index (χ0v) is 19.0. The Balaban J connectivity index is 1.50. The van der Waals surface area contributed by atoms with Gasteiger partial charge in [-0.25, -0.2) is 4.79 Å². The third-order valence-electron chi connectivity index (χ3n) is 7.08. The van der Waals surface area contributed by atoms with Crippen LogP contribution in [0, 0.1) is 0 Å². The highest BCUT2D eigenvalue weighted by Gasteiger charge is 2.22. The first-order chi connectivity index (χ1) is 17.1. The number of pyridine rings is 2. The predicted octanol–water partition coefficient (Wildman–Crippen LogP) is 5.22. The Hall–Kier alpha value is -4.58. The van der Waals surface area contributed by atoms with Gasteiger partial charge < -0.3 is 0 Å². The molecule has 3 aromatic carbocycles. The smallest absolute Gasteiger partial charge is 0.294 e. The van der Waals surface area contributed by atoms with Crippen LogP contribution in [0.4, 0.5) is 0 Å². The molecule has 0 unspecified atom stereocenters. The van der Waals surface area contributed by atoms with Gasteiger partial charge in [-0.05, 0) is 60.0 Å². The topological polar surface area (TPSA) is 69.8 Å². The Kier molecular flexibility index (Phi) is 4.09. The van der Waals surface area contributed by atoms with E-state index in [-0.39, 0.29) is 11.5 Å². The fraction of sp³-hybridized carbons (Fsp3) is 0.103. The average Bonchev–Trinajstić information content (AvgIpc) is 3.39. The molecule has 6 nitrogen and oxygen atoms in total. The Morgan fingerprint density at radius 2 is 1.66 bits per heavy atom. The number of aromatic nitrogens is 4. The number of imidazole rings is 1. The summed E-state index contributed by atoms with van der Waals surface area (Å²) < 4.78 is 3.37. The molecule has 0 amide bonds. The second-order valence-corrected chi connectivity index (χ2v) is 9.08. The number of Topliss-reactive ketones (excluding diaryl/α,β-unsaturated/α-hetero) is 1. The van der Waals surface area contributed by atoms with Crippen molar-refractivity contribution >= 4 is 38.6 Å². The van der Waals surface area contributed by atoms with Gasteiger partial charge in [0.2, 0.25) is 0 Å². The third kappa shape index (κ3) is 2.89. The van der Waals surface area contributed by atoms with Gasteiger partial charge in [0.1, 0.15) is 0 Å². The highest BCUT2D eigenvalue weighted by molar-refractivity contribution is 6.05. The number of hydrogen-bond acceptors (Lipinski definition) is 4. The van der Waals surface area contributed by atoms with E-state index in [0.29, 0.717) is 12.8 Å². The van der Waals surface area contributed by atoms with Crippen molar-refractivity contribution in [3.63, 3.8) is 0 Å². The lowest BCUT2D eigenvalue weighted by Gasteiger charge is -2.09. The molecular weight excluding hydrogens is 436 g/mol. The lowest BCUT2D eigenvalue weighted by molar-refractivity contribution is 0.0994. The first-order valence-electron chi connectivity index (χ1n) is 11.6. The SMILES string of the molecule is Cn1c(=O)n(-c2ccc3c(c2)CCC3=O)c2c3cc(-c4cnc5ccccc5c4)ccc3ncc21. The molecule has 0 radical (unpaired) electrons. The molecule has 168 valence electrons. The second-order valence-electron chi connectivity index (χ2n) is 9.08. The summed E-state index contributed by atoms with van der Waals surface area (Å²) >= 11 is 0. The standard InChI is InChI=1S/C29H20N4O2/c1-32-26-16-31-25-10-6-17(20-12-19-4-2-3-5-24(19)30-15-20)14-23(25)28(26)33(29(32)35)21-8-9-22-18(13-21)7-11-27(22)34/h2-6,8-10,12-16H,7,11H2,1H3. The van der Waals surface area contributed by atoms with Gasteiger partial charge in [-0.15, -0.1) is 0 Å². The monoisotopic (exact) mass is 456 g/mol. The second kappa shape index (κ2) is 7.21. The molecule has 35 heavy (non-hydrogen) atoms. The summed E-state index contributed by atoms with van der Waals surface area (Å²) in [6.07, 6.45) is 4.87. The van der Waals surface area contributed by atoms with Crippen LogP contribution in [0.25, 0.3) is 49.7 Å². The molecule has 7 rings (SSSR count). The third-order valence-corrected chi connectivity index (χ3v) is 7.08. The van der Waals surface area contributed by atoms with Crippen molar-refractivity contribution in [2.24, 2.45) is 7.05 Å². The molecule has 1 aliphatic carbocycles. The largest absolute Gasteiger partial charge is 0.333 e. The molecule has 1 aliphatic rings. The van der Waals surface area contributed by atoms with Crippen LogP contribution in [0.5, 0.6) is 0 Å². The average molecular weight is 457 g/mol.